The monoisotopic (exact) mass is 280 g/mol. The Morgan fingerprint density at radius 1 is 1.47 bits per heavy atom. The molecule has 1 saturated carbocycles. The minimum atomic E-state index is 0.294. The van der Waals surface area contributed by atoms with Crippen molar-refractivity contribution in [3.63, 3.8) is 0 Å². The van der Waals surface area contributed by atoms with Crippen molar-refractivity contribution in [3.05, 3.63) is 18.0 Å². The Hall–Kier alpha value is -0.770. The van der Waals surface area contributed by atoms with Gasteiger partial charge in [-0.15, -0.1) is 0 Å². The molecule has 3 nitrogen and oxygen atoms in total. The van der Waals surface area contributed by atoms with E-state index >= 15 is 0 Å². The van der Waals surface area contributed by atoms with Crippen LogP contribution in [-0.2, 0) is 11.2 Å². The van der Waals surface area contributed by atoms with Gasteiger partial charge in [0.1, 0.15) is 5.78 Å². The van der Waals surface area contributed by atoms with Crippen LogP contribution in [0.4, 0.5) is 0 Å². The number of rotatable bonds is 7. The molecule has 0 aromatic carbocycles. The van der Waals surface area contributed by atoms with Gasteiger partial charge in [-0.1, -0.05) is 26.7 Å². The first-order valence-electron chi connectivity index (χ1n) is 7.28. The summed E-state index contributed by atoms with van der Waals surface area (Å²) in [7, 11) is 0. The van der Waals surface area contributed by atoms with Crippen LogP contribution in [0.25, 0.3) is 0 Å². The highest BCUT2D eigenvalue weighted by molar-refractivity contribution is 7.99. The number of hydrogen-bond donors (Lipinski definition) is 0. The minimum Gasteiger partial charge on any atom is -0.298 e. The molecule has 1 aromatic heterocycles. The maximum atomic E-state index is 11.9. The summed E-state index contributed by atoms with van der Waals surface area (Å²) in [5.74, 6) is 2.62. The maximum Gasteiger partial charge on any atom is 0.148 e. The van der Waals surface area contributed by atoms with Crippen molar-refractivity contribution >= 4 is 17.5 Å². The number of thioether (sulfide) groups is 1. The Morgan fingerprint density at radius 3 is 2.89 bits per heavy atom. The molecule has 1 heterocycles. The molecule has 0 N–H and O–H groups in total. The van der Waals surface area contributed by atoms with Crippen LogP contribution < -0.4 is 0 Å². The van der Waals surface area contributed by atoms with E-state index in [1.165, 1.54) is 25.7 Å². The summed E-state index contributed by atoms with van der Waals surface area (Å²) in [5, 5.41) is 4.56. The zero-order valence-electron chi connectivity index (χ0n) is 12.0. The van der Waals surface area contributed by atoms with Gasteiger partial charge in [-0.3, -0.25) is 9.48 Å². The van der Waals surface area contributed by atoms with E-state index < -0.39 is 0 Å². The Bertz CT molecular complexity index is 408. The number of carbonyl (C=O) groups excluding carboxylic acids is 1. The van der Waals surface area contributed by atoms with Crippen LogP contribution >= 0.6 is 11.8 Å². The Balaban J connectivity index is 1.77. The van der Waals surface area contributed by atoms with E-state index in [0.29, 0.717) is 29.9 Å². The van der Waals surface area contributed by atoms with E-state index in [9.17, 15) is 4.79 Å². The normalized spacial score (nSPS) is 16.4. The van der Waals surface area contributed by atoms with Gasteiger partial charge in [0.2, 0.25) is 0 Å². The van der Waals surface area contributed by atoms with Gasteiger partial charge in [-0.05, 0) is 30.6 Å². The zero-order chi connectivity index (χ0) is 13.7. The van der Waals surface area contributed by atoms with Crippen LogP contribution in [0.15, 0.2) is 12.3 Å². The summed E-state index contributed by atoms with van der Waals surface area (Å²) >= 11 is 1.74. The minimum absolute atomic E-state index is 0.294. The molecule has 0 aliphatic heterocycles. The molecule has 0 spiro atoms. The average Bonchev–Trinajstić information content (AvgIpc) is 2.97. The summed E-state index contributed by atoms with van der Waals surface area (Å²) in [6, 6.07) is 2.57. The molecule has 4 heteroatoms. The van der Waals surface area contributed by atoms with Crippen molar-refractivity contribution in [2.24, 2.45) is 5.92 Å². The Morgan fingerprint density at radius 2 is 2.21 bits per heavy atom. The number of Topliss-reactive ketones (excluding diaryl/α,β-unsaturated/α-hetero) is 1. The molecule has 0 saturated heterocycles. The molecule has 2 rings (SSSR count). The highest BCUT2D eigenvalue weighted by Gasteiger charge is 2.18. The molecule has 1 aliphatic rings. The lowest BCUT2D eigenvalue weighted by atomic mass is 10.2. The fraction of sp³-hybridized carbons (Fsp3) is 0.733. The molecule has 0 radical (unpaired) electrons. The molecule has 1 aromatic rings. The number of hydrogen-bond acceptors (Lipinski definition) is 3. The second-order valence-corrected chi connectivity index (χ2v) is 6.88. The lowest BCUT2D eigenvalue weighted by molar-refractivity contribution is -0.116. The summed E-state index contributed by atoms with van der Waals surface area (Å²) in [4.78, 5) is 11.9. The average molecular weight is 280 g/mol. The fourth-order valence-electron chi connectivity index (χ4n) is 2.51. The van der Waals surface area contributed by atoms with Crippen molar-refractivity contribution in [1.29, 1.82) is 0 Å². The second-order valence-electron chi connectivity index (χ2n) is 5.85. The van der Waals surface area contributed by atoms with E-state index in [0.717, 1.165) is 11.4 Å². The van der Waals surface area contributed by atoms with Gasteiger partial charge in [-0.25, -0.2) is 0 Å². The molecule has 0 atom stereocenters. The second kappa shape index (κ2) is 7.13. The largest absolute Gasteiger partial charge is 0.298 e. The maximum absolute atomic E-state index is 11.9. The summed E-state index contributed by atoms with van der Waals surface area (Å²) in [5.41, 5.74) is 0.932. The van der Waals surface area contributed by atoms with Crippen LogP contribution in [0, 0.1) is 5.92 Å². The number of carbonyl (C=O) groups is 1. The standard InChI is InChI=1S/C15H24N2OS/c1-12(2)10-19-11-15(18)9-13-7-8-17(16-13)14-5-3-4-6-14/h7-8,12,14H,3-6,9-11H2,1-2H3. The first-order valence-corrected chi connectivity index (χ1v) is 8.44. The zero-order valence-corrected chi connectivity index (χ0v) is 12.8. The molecular weight excluding hydrogens is 256 g/mol. The quantitative estimate of drug-likeness (QED) is 0.766. The van der Waals surface area contributed by atoms with Crippen molar-refractivity contribution < 1.29 is 4.79 Å². The van der Waals surface area contributed by atoms with E-state index in [1.54, 1.807) is 11.8 Å². The highest BCUT2D eigenvalue weighted by Crippen LogP contribution is 2.28. The molecule has 0 amide bonds. The van der Waals surface area contributed by atoms with Crippen molar-refractivity contribution in [3.8, 4) is 0 Å². The molecule has 106 valence electrons. The van der Waals surface area contributed by atoms with E-state index in [2.05, 4.69) is 23.6 Å². The number of nitrogens with zero attached hydrogens (tertiary/aromatic N) is 2. The highest BCUT2D eigenvalue weighted by atomic mass is 32.2. The van der Waals surface area contributed by atoms with Gasteiger partial charge in [0.05, 0.1) is 23.9 Å². The van der Waals surface area contributed by atoms with Gasteiger partial charge in [-0.2, -0.15) is 16.9 Å². The van der Waals surface area contributed by atoms with E-state index in [-0.39, 0.29) is 0 Å². The van der Waals surface area contributed by atoms with Gasteiger partial charge in [0.25, 0.3) is 0 Å². The summed E-state index contributed by atoms with van der Waals surface area (Å²) in [6.07, 6.45) is 7.62. The first-order chi connectivity index (χ1) is 9.15. The molecule has 0 unspecified atom stereocenters. The van der Waals surface area contributed by atoms with Crippen LogP contribution in [0.5, 0.6) is 0 Å². The number of ketones is 1. The van der Waals surface area contributed by atoms with Gasteiger partial charge in [0.15, 0.2) is 0 Å². The SMILES string of the molecule is CC(C)CSCC(=O)Cc1ccn(C2CCCC2)n1. The van der Waals surface area contributed by atoms with E-state index in [4.69, 9.17) is 0 Å². The van der Waals surface area contributed by atoms with Gasteiger partial charge in [0, 0.05) is 6.20 Å². The van der Waals surface area contributed by atoms with Crippen molar-refractivity contribution in [2.75, 3.05) is 11.5 Å². The smallest absolute Gasteiger partial charge is 0.148 e. The summed E-state index contributed by atoms with van der Waals surface area (Å²) < 4.78 is 2.07. The van der Waals surface area contributed by atoms with Crippen LogP contribution in [-0.4, -0.2) is 27.1 Å². The molecular formula is C15H24N2OS. The fourth-order valence-corrected chi connectivity index (χ4v) is 3.42. The third kappa shape index (κ3) is 4.68. The topological polar surface area (TPSA) is 34.9 Å². The number of aromatic nitrogens is 2. The van der Waals surface area contributed by atoms with Crippen LogP contribution in [0.2, 0.25) is 0 Å². The van der Waals surface area contributed by atoms with Gasteiger partial charge >= 0.3 is 0 Å². The predicted octanol–water partition coefficient (Wildman–Crippen LogP) is 3.50. The van der Waals surface area contributed by atoms with E-state index in [1.807, 2.05) is 12.3 Å². The lowest BCUT2D eigenvalue weighted by Gasteiger charge is -2.08. The Kier molecular flexibility index (Phi) is 5.49. The molecule has 0 bridgehead atoms. The van der Waals surface area contributed by atoms with Crippen LogP contribution in [0.1, 0.15) is 51.3 Å². The van der Waals surface area contributed by atoms with Crippen molar-refractivity contribution in [1.82, 2.24) is 9.78 Å². The molecule has 1 aliphatic carbocycles. The first kappa shape index (κ1) is 14.6. The lowest BCUT2D eigenvalue weighted by Crippen LogP contribution is -2.10. The van der Waals surface area contributed by atoms with Crippen LogP contribution in [0.3, 0.4) is 0 Å². The van der Waals surface area contributed by atoms with Crippen molar-refractivity contribution in [2.45, 2.75) is 52.0 Å². The third-order valence-corrected chi connectivity index (χ3v) is 4.88. The Labute approximate surface area is 120 Å². The molecule has 19 heavy (non-hydrogen) atoms. The summed E-state index contributed by atoms with van der Waals surface area (Å²) in [6.45, 7) is 4.36. The predicted molar refractivity (Wildman–Crippen MR) is 80.6 cm³/mol. The molecule has 1 fully saturated rings. The third-order valence-electron chi connectivity index (χ3n) is 3.45. The van der Waals surface area contributed by atoms with Gasteiger partial charge < -0.3 is 0 Å².